The Kier molecular flexibility index (Phi) is 16.6. The largest absolute Gasteiger partial charge is 0.496 e. The number of rotatable bonds is 15. The van der Waals surface area contributed by atoms with Crippen LogP contribution in [0.1, 0.15) is 62.3 Å². The van der Waals surface area contributed by atoms with Crippen LogP contribution >= 0.6 is 0 Å². The van der Waals surface area contributed by atoms with Crippen LogP contribution in [0.2, 0.25) is 0 Å². The van der Waals surface area contributed by atoms with Crippen molar-refractivity contribution in [3.8, 4) is 34.3 Å². The molecule has 2 aliphatic rings. The minimum Gasteiger partial charge on any atom is -0.496 e. The van der Waals surface area contributed by atoms with Crippen molar-refractivity contribution < 1.29 is 104 Å². The second-order valence-corrected chi connectivity index (χ2v) is 14.9. The van der Waals surface area contributed by atoms with Gasteiger partial charge in [-0.1, -0.05) is 0 Å². The minimum atomic E-state index is -2.05. The van der Waals surface area contributed by atoms with E-state index in [1.54, 1.807) is 0 Å². The van der Waals surface area contributed by atoms with Gasteiger partial charge in [-0.2, -0.15) is 0 Å². The lowest BCUT2D eigenvalue weighted by Crippen LogP contribution is -2.67. The van der Waals surface area contributed by atoms with E-state index in [2.05, 4.69) is 0 Å². The van der Waals surface area contributed by atoms with Crippen molar-refractivity contribution in [2.45, 2.75) is 124 Å². The van der Waals surface area contributed by atoms with E-state index in [0.29, 0.717) is 0 Å². The standard InChI is InChI=1S/C44H48O23/c1-18-35(59-22(5)48)39(61-24(7)50)41(63-26(9)52)43(56-18)67-42-40(62-25(8)51)37(60-23(6)49)32(17-55-19(2)45)65-44(42)66-38-34(53)33-30(58-21(4)47)15-29(54-10)16-31(33)64-36(38)27-11-13-28(14-12-27)57-20(3)46/h11-16,18,32,35,37,39-44H,17H2,1-10H3. The summed E-state index contributed by atoms with van der Waals surface area (Å²) in [5.74, 6) is -8.08. The van der Waals surface area contributed by atoms with Crippen LogP contribution < -0.4 is 24.4 Å². The van der Waals surface area contributed by atoms with Gasteiger partial charge in [-0.05, 0) is 31.2 Å². The van der Waals surface area contributed by atoms with Gasteiger partial charge in [0.05, 0.1) is 13.2 Å². The molecule has 67 heavy (non-hydrogen) atoms. The number of carbonyl (C=O) groups is 8. The van der Waals surface area contributed by atoms with Gasteiger partial charge in [0.2, 0.25) is 17.5 Å². The topological polar surface area (TPSA) is 287 Å². The molecule has 1 aromatic heterocycles. The summed E-state index contributed by atoms with van der Waals surface area (Å²) in [6.07, 6.45) is -17.0. The Bertz CT molecular complexity index is 2440. The van der Waals surface area contributed by atoms with Gasteiger partial charge in [-0.25, -0.2) is 0 Å². The maximum atomic E-state index is 15.0. The molecule has 0 N–H and O–H groups in total. The van der Waals surface area contributed by atoms with Crippen LogP contribution in [0.3, 0.4) is 0 Å². The van der Waals surface area contributed by atoms with Crippen molar-refractivity contribution in [3.05, 3.63) is 46.6 Å². The average Bonchev–Trinajstić information content (AvgIpc) is 3.21. The Morgan fingerprint density at radius 1 is 0.567 bits per heavy atom. The minimum absolute atomic E-state index is 0.0990. The molecule has 10 atom stereocenters. The number of ether oxygens (including phenoxy) is 13. The first-order valence-electron chi connectivity index (χ1n) is 20.3. The zero-order chi connectivity index (χ0) is 49.4. The van der Waals surface area contributed by atoms with Gasteiger partial charge in [0, 0.05) is 73.1 Å². The number of hydrogen-bond acceptors (Lipinski definition) is 23. The summed E-state index contributed by atoms with van der Waals surface area (Å²) in [6, 6.07) is 8.10. The fourth-order valence-electron chi connectivity index (χ4n) is 7.19. The number of carbonyl (C=O) groups excluding carboxylic acids is 8. The lowest BCUT2D eigenvalue weighted by Gasteiger charge is -2.48. The zero-order valence-corrected chi connectivity index (χ0v) is 37.8. The SMILES string of the molecule is COc1cc(OC(C)=O)c2c(=O)c(OC3OC(COC(C)=O)C(OC(C)=O)C(OC(C)=O)C3OC3OC(C)C(OC(C)=O)C(OC(C)=O)C3OC(C)=O)c(-c3ccc(OC(C)=O)cc3)oc2c1. The van der Waals surface area contributed by atoms with Gasteiger partial charge in [-0.3, -0.25) is 43.2 Å². The van der Waals surface area contributed by atoms with Gasteiger partial charge in [0.25, 0.3) is 0 Å². The highest BCUT2D eigenvalue weighted by atomic mass is 16.8. The number of hydrogen-bond donors (Lipinski definition) is 0. The molecule has 0 amide bonds. The summed E-state index contributed by atoms with van der Waals surface area (Å²) >= 11 is 0. The zero-order valence-electron chi connectivity index (χ0n) is 37.8. The van der Waals surface area contributed by atoms with Crippen molar-refractivity contribution in [2.24, 2.45) is 0 Å². The quantitative estimate of drug-likeness (QED) is 0.120. The van der Waals surface area contributed by atoms with Gasteiger partial charge >= 0.3 is 47.8 Å². The van der Waals surface area contributed by atoms with Crippen molar-refractivity contribution in [1.82, 2.24) is 0 Å². The monoisotopic (exact) mass is 944 g/mol. The molecule has 2 saturated heterocycles. The van der Waals surface area contributed by atoms with Crippen LogP contribution in [0, 0.1) is 0 Å². The fraction of sp³-hybridized carbons (Fsp3) is 0.477. The molecule has 0 aliphatic carbocycles. The molecular weight excluding hydrogens is 896 g/mol. The van der Waals surface area contributed by atoms with Gasteiger partial charge in [0.1, 0.15) is 40.9 Å². The molecule has 10 unspecified atom stereocenters. The Morgan fingerprint density at radius 3 is 1.64 bits per heavy atom. The lowest BCUT2D eigenvalue weighted by molar-refractivity contribution is -0.356. The molecular formula is C44H48O23. The van der Waals surface area contributed by atoms with E-state index < -0.39 is 127 Å². The van der Waals surface area contributed by atoms with Crippen LogP contribution in [0.5, 0.6) is 23.0 Å². The average molecular weight is 945 g/mol. The molecule has 23 nitrogen and oxygen atoms in total. The first kappa shape index (κ1) is 50.9. The Morgan fingerprint density at radius 2 is 1.10 bits per heavy atom. The first-order chi connectivity index (χ1) is 31.6. The molecule has 0 spiro atoms. The smallest absolute Gasteiger partial charge is 0.308 e. The molecule has 2 aliphatic heterocycles. The van der Waals surface area contributed by atoms with E-state index in [4.69, 9.17) is 66.0 Å². The fourth-order valence-corrected chi connectivity index (χ4v) is 7.19. The number of esters is 8. The molecule has 3 aromatic rings. The summed E-state index contributed by atoms with van der Waals surface area (Å²) in [7, 11) is 1.31. The summed E-state index contributed by atoms with van der Waals surface area (Å²) in [5.41, 5.74) is -1.08. The number of methoxy groups -OCH3 is 1. The summed E-state index contributed by atoms with van der Waals surface area (Å²) in [5, 5.41) is -0.356. The molecule has 0 saturated carbocycles. The third-order valence-electron chi connectivity index (χ3n) is 9.56. The lowest BCUT2D eigenvalue weighted by atomic mass is 9.96. The molecule has 2 aromatic carbocycles. The van der Waals surface area contributed by atoms with Gasteiger partial charge in [-0.15, -0.1) is 0 Å². The van der Waals surface area contributed by atoms with E-state index in [1.807, 2.05) is 0 Å². The molecule has 2 fully saturated rings. The summed E-state index contributed by atoms with van der Waals surface area (Å²) in [4.78, 5) is 114. The predicted octanol–water partition coefficient (Wildman–Crippen LogP) is 2.77. The Balaban J connectivity index is 1.80. The summed E-state index contributed by atoms with van der Waals surface area (Å²) in [6.45, 7) is 9.19. The highest BCUT2D eigenvalue weighted by molar-refractivity contribution is 5.90. The first-order valence-corrected chi connectivity index (χ1v) is 20.3. The molecule has 0 radical (unpaired) electrons. The van der Waals surface area contributed by atoms with Crippen molar-refractivity contribution in [3.63, 3.8) is 0 Å². The third kappa shape index (κ3) is 12.8. The Hall–Kier alpha value is -7.11. The summed E-state index contributed by atoms with van der Waals surface area (Å²) < 4.78 is 80.8. The molecule has 0 bridgehead atoms. The highest BCUT2D eigenvalue weighted by Crippen LogP contribution is 2.40. The van der Waals surface area contributed by atoms with Crippen LogP contribution in [0.25, 0.3) is 22.3 Å². The van der Waals surface area contributed by atoms with Gasteiger partial charge in [0.15, 0.2) is 48.7 Å². The third-order valence-corrected chi connectivity index (χ3v) is 9.56. The van der Waals surface area contributed by atoms with Crippen LogP contribution in [-0.2, 0) is 81.0 Å². The van der Waals surface area contributed by atoms with E-state index in [0.717, 1.165) is 48.5 Å². The second-order valence-electron chi connectivity index (χ2n) is 14.9. The second kappa shape index (κ2) is 21.9. The van der Waals surface area contributed by atoms with Gasteiger partial charge < -0.3 is 66.0 Å². The normalized spacial score (nSPS) is 24.5. The molecule has 5 rings (SSSR count). The van der Waals surface area contributed by atoms with Crippen LogP contribution in [0.4, 0.5) is 0 Å². The maximum absolute atomic E-state index is 15.0. The van der Waals surface area contributed by atoms with E-state index >= 15 is 0 Å². The molecule has 23 heteroatoms. The Labute approximate surface area is 380 Å². The van der Waals surface area contributed by atoms with E-state index in [1.165, 1.54) is 57.4 Å². The van der Waals surface area contributed by atoms with Crippen molar-refractivity contribution in [2.75, 3.05) is 13.7 Å². The molecule has 362 valence electrons. The number of benzene rings is 2. The van der Waals surface area contributed by atoms with Crippen LogP contribution in [-0.4, -0.2) is 123 Å². The number of fused-ring (bicyclic) bond motifs is 1. The van der Waals surface area contributed by atoms with Crippen molar-refractivity contribution >= 4 is 58.7 Å². The highest BCUT2D eigenvalue weighted by Gasteiger charge is 2.57. The molecule has 3 heterocycles. The van der Waals surface area contributed by atoms with Crippen molar-refractivity contribution in [1.29, 1.82) is 0 Å². The van der Waals surface area contributed by atoms with E-state index in [-0.39, 0.29) is 39.5 Å². The maximum Gasteiger partial charge on any atom is 0.308 e. The predicted molar refractivity (Wildman–Crippen MR) is 220 cm³/mol. The van der Waals surface area contributed by atoms with E-state index in [9.17, 15) is 43.2 Å². The van der Waals surface area contributed by atoms with Crippen LogP contribution in [0.15, 0.2) is 45.6 Å².